The van der Waals surface area contributed by atoms with Gasteiger partial charge in [0.1, 0.15) is 5.65 Å². The summed E-state index contributed by atoms with van der Waals surface area (Å²) in [5.74, 6) is -2.12. The molecule has 3 aromatic rings. The van der Waals surface area contributed by atoms with Crippen LogP contribution in [0.25, 0.3) is 17.0 Å². The maximum absolute atomic E-state index is 13.4. The summed E-state index contributed by atoms with van der Waals surface area (Å²) in [6.45, 7) is 1.26. The first-order chi connectivity index (χ1) is 14.9. The topological polar surface area (TPSA) is 109 Å². The van der Waals surface area contributed by atoms with Crippen molar-refractivity contribution >= 4 is 12.1 Å². The molecule has 9 nitrogen and oxygen atoms in total. The van der Waals surface area contributed by atoms with Crippen molar-refractivity contribution in [2.75, 3.05) is 13.1 Å². The van der Waals surface area contributed by atoms with Crippen molar-refractivity contribution in [2.45, 2.75) is 56.3 Å². The number of nitrogens with one attached hydrogen (secondary N) is 1. The molecule has 1 aliphatic carbocycles. The molecule has 0 spiro atoms. The Morgan fingerprint density at radius 3 is 2.61 bits per heavy atom. The van der Waals surface area contributed by atoms with Crippen LogP contribution in [0.5, 0.6) is 0 Å². The number of nitrogens with zero attached hydrogens (tertiary/aromatic N) is 5. The third kappa shape index (κ3) is 3.72. The first kappa shape index (κ1) is 19.8. The molecule has 5 rings (SSSR count). The van der Waals surface area contributed by atoms with Gasteiger partial charge in [-0.1, -0.05) is 5.16 Å². The Balaban J connectivity index is 1.44. The Kier molecular flexibility index (Phi) is 4.82. The normalized spacial score (nSPS) is 20.4. The highest BCUT2D eigenvalue weighted by atomic mass is 19.3. The van der Waals surface area contributed by atoms with Crippen LogP contribution in [-0.4, -0.2) is 55.1 Å². The molecule has 4 heterocycles. The third-order valence-electron chi connectivity index (χ3n) is 6.38. The zero-order valence-corrected chi connectivity index (χ0v) is 16.8. The SMILES string of the molecule is O=CN1CCC(c2cc(=O)[nH]c3c(-c4noc(C5CCC(F)(F)CC5)n4)cnn23)CC1. The maximum Gasteiger partial charge on any atom is 0.251 e. The van der Waals surface area contributed by atoms with Crippen LogP contribution in [0.2, 0.25) is 0 Å². The first-order valence-corrected chi connectivity index (χ1v) is 10.5. The van der Waals surface area contributed by atoms with Crippen LogP contribution in [-0.2, 0) is 4.79 Å². The molecular weight excluding hydrogens is 410 g/mol. The minimum atomic E-state index is -2.63. The molecule has 0 atom stereocenters. The summed E-state index contributed by atoms with van der Waals surface area (Å²) in [7, 11) is 0. The average Bonchev–Trinajstić information content (AvgIpc) is 3.40. The lowest BCUT2D eigenvalue weighted by atomic mass is 9.87. The van der Waals surface area contributed by atoms with Gasteiger partial charge in [0, 0.05) is 43.8 Å². The van der Waals surface area contributed by atoms with E-state index in [1.807, 2.05) is 0 Å². The van der Waals surface area contributed by atoms with E-state index in [-0.39, 0.29) is 36.1 Å². The molecular formula is C20H22F2N6O3. The van der Waals surface area contributed by atoms with Crippen molar-refractivity contribution in [3.05, 3.63) is 34.2 Å². The average molecular weight is 432 g/mol. The molecule has 0 unspecified atom stereocenters. The number of aromatic nitrogens is 5. The number of rotatable bonds is 4. The van der Waals surface area contributed by atoms with Gasteiger partial charge in [-0.3, -0.25) is 9.59 Å². The molecule has 2 fully saturated rings. The lowest BCUT2D eigenvalue weighted by Crippen LogP contribution is -2.32. The molecule has 31 heavy (non-hydrogen) atoms. The molecule has 0 radical (unpaired) electrons. The number of alkyl halides is 2. The fourth-order valence-corrected chi connectivity index (χ4v) is 4.57. The molecule has 11 heteroatoms. The van der Waals surface area contributed by atoms with E-state index in [2.05, 4.69) is 20.2 Å². The number of hydrogen-bond acceptors (Lipinski definition) is 6. The van der Waals surface area contributed by atoms with Crippen molar-refractivity contribution in [1.82, 2.24) is 29.6 Å². The van der Waals surface area contributed by atoms with E-state index >= 15 is 0 Å². The van der Waals surface area contributed by atoms with Gasteiger partial charge in [0.05, 0.1) is 17.5 Å². The van der Waals surface area contributed by atoms with Crippen LogP contribution in [0, 0.1) is 0 Å². The zero-order valence-electron chi connectivity index (χ0n) is 16.8. The van der Waals surface area contributed by atoms with E-state index in [0.717, 1.165) is 24.9 Å². The maximum atomic E-state index is 13.4. The van der Waals surface area contributed by atoms with Crippen molar-refractivity contribution in [3.8, 4) is 11.4 Å². The number of aromatic amines is 1. The largest absolute Gasteiger partial charge is 0.345 e. The number of fused-ring (bicyclic) bond motifs is 1. The summed E-state index contributed by atoms with van der Waals surface area (Å²) in [5.41, 5.74) is 1.48. The number of carbonyl (C=O) groups is 1. The molecule has 1 saturated heterocycles. The van der Waals surface area contributed by atoms with Crippen molar-refractivity contribution < 1.29 is 18.1 Å². The molecule has 1 N–H and O–H groups in total. The van der Waals surface area contributed by atoms with Gasteiger partial charge < -0.3 is 14.4 Å². The second kappa shape index (κ2) is 7.54. The second-order valence-corrected chi connectivity index (χ2v) is 8.38. The standard InChI is InChI=1S/C20H22F2N6O3/c21-20(22)5-1-13(2-6-20)19-25-17(26-31-19)14-10-23-28-15(9-16(30)24-18(14)28)12-3-7-27(11-29)8-4-12/h9-13H,1-8H2,(H,24,30). The molecule has 3 aromatic heterocycles. The van der Waals surface area contributed by atoms with Crippen molar-refractivity contribution in [1.29, 1.82) is 0 Å². The quantitative estimate of drug-likeness (QED) is 0.635. The Hall–Kier alpha value is -3.11. The molecule has 1 saturated carbocycles. The highest BCUT2D eigenvalue weighted by molar-refractivity contribution is 5.71. The smallest absolute Gasteiger partial charge is 0.251 e. The van der Waals surface area contributed by atoms with Crippen LogP contribution in [0.3, 0.4) is 0 Å². The zero-order chi connectivity index (χ0) is 21.6. The van der Waals surface area contributed by atoms with Gasteiger partial charge >= 0.3 is 0 Å². The van der Waals surface area contributed by atoms with Crippen molar-refractivity contribution in [2.24, 2.45) is 0 Å². The summed E-state index contributed by atoms with van der Waals surface area (Å²) in [6, 6.07) is 1.54. The lowest BCUT2D eigenvalue weighted by molar-refractivity contribution is -0.119. The summed E-state index contributed by atoms with van der Waals surface area (Å²) in [6.07, 6.45) is 4.11. The molecule has 164 valence electrons. The van der Waals surface area contributed by atoms with Gasteiger partial charge in [-0.15, -0.1) is 0 Å². The van der Waals surface area contributed by atoms with Gasteiger partial charge in [-0.2, -0.15) is 10.1 Å². The van der Waals surface area contributed by atoms with Crippen LogP contribution in [0.1, 0.15) is 61.9 Å². The summed E-state index contributed by atoms with van der Waals surface area (Å²) < 4.78 is 33.9. The molecule has 1 aliphatic heterocycles. The number of likely N-dealkylation sites (tertiary alicyclic amines) is 1. The Bertz CT molecular complexity index is 1150. The summed E-state index contributed by atoms with van der Waals surface area (Å²) >= 11 is 0. The van der Waals surface area contributed by atoms with Gasteiger partial charge in [0.2, 0.25) is 24.0 Å². The van der Waals surface area contributed by atoms with E-state index in [4.69, 9.17) is 4.52 Å². The first-order valence-electron chi connectivity index (χ1n) is 10.5. The van der Waals surface area contributed by atoms with E-state index in [1.54, 1.807) is 15.6 Å². The van der Waals surface area contributed by atoms with Gasteiger partial charge in [-0.25, -0.2) is 13.3 Å². The summed E-state index contributed by atoms with van der Waals surface area (Å²) in [4.78, 5) is 32.3. The third-order valence-corrected chi connectivity index (χ3v) is 6.38. The van der Waals surface area contributed by atoms with Gasteiger partial charge in [0.15, 0.2) is 0 Å². The van der Waals surface area contributed by atoms with Crippen LogP contribution in [0.4, 0.5) is 8.78 Å². The van der Waals surface area contributed by atoms with Crippen LogP contribution < -0.4 is 5.56 Å². The number of carbonyl (C=O) groups excluding carboxylic acids is 1. The predicted octanol–water partition coefficient (Wildman–Crippen LogP) is 2.70. The highest BCUT2D eigenvalue weighted by Gasteiger charge is 2.37. The van der Waals surface area contributed by atoms with Gasteiger partial charge in [0.25, 0.3) is 5.56 Å². The molecule has 2 aliphatic rings. The fourth-order valence-electron chi connectivity index (χ4n) is 4.57. The molecule has 0 bridgehead atoms. The van der Waals surface area contributed by atoms with E-state index in [9.17, 15) is 18.4 Å². The number of amides is 1. The van der Waals surface area contributed by atoms with Crippen LogP contribution in [0.15, 0.2) is 21.6 Å². The minimum absolute atomic E-state index is 0.0958. The number of H-pyrrole nitrogens is 1. The second-order valence-electron chi connectivity index (χ2n) is 8.38. The van der Waals surface area contributed by atoms with Crippen molar-refractivity contribution in [3.63, 3.8) is 0 Å². The molecule has 0 aromatic carbocycles. The highest BCUT2D eigenvalue weighted by Crippen LogP contribution is 2.40. The molecule has 1 amide bonds. The van der Waals surface area contributed by atoms with Gasteiger partial charge in [-0.05, 0) is 25.7 Å². The number of piperidine rings is 1. The minimum Gasteiger partial charge on any atom is -0.345 e. The Morgan fingerprint density at radius 2 is 1.90 bits per heavy atom. The predicted molar refractivity (Wildman–Crippen MR) is 105 cm³/mol. The number of halogens is 2. The summed E-state index contributed by atoms with van der Waals surface area (Å²) in [5, 5.41) is 8.45. The van der Waals surface area contributed by atoms with E-state index in [1.165, 1.54) is 6.07 Å². The monoisotopic (exact) mass is 432 g/mol. The van der Waals surface area contributed by atoms with Crippen LogP contribution >= 0.6 is 0 Å². The Labute approximate surface area is 175 Å². The Morgan fingerprint density at radius 1 is 1.16 bits per heavy atom. The number of hydrogen-bond donors (Lipinski definition) is 1. The van der Waals surface area contributed by atoms with E-state index in [0.29, 0.717) is 43.0 Å². The fraction of sp³-hybridized carbons (Fsp3) is 0.550. The van der Waals surface area contributed by atoms with E-state index < -0.39 is 5.92 Å². The lowest BCUT2D eigenvalue weighted by Gasteiger charge is -2.29.